The molecule has 2 heterocycles. The van der Waals surface area contributed by atoms with Crippen LogP contribution in [0.3, 0.4) is 0 Å². The summed E-state index contributed by atoms with van der Waals surface area (Å²) in [6.45, 7) is 0. The van der Waals surface area contributed by atoms with Crippen LogP contribution in [0.5, 0.6) is 11.5 Å². The SMILES string of the molecule is COc1cccc(/C=C2\CCCC3=C2N=C2SC=C(c4ccc(Br)cc4)N2[C@H]3c2cccc(OC)c2)c1. The Labute approximate surface area is 230 Å². The first-order chi connectivity index (χ1) is 18.1. The molecule has 4 nitrogen and oxygen atoms in total. The first kappa shape index (κ1) is 24.1. The summed E-state index contributed by atoms with van der Waals surface area (Å²) in [6.07, 6.45) is 5.40. The zero-order valence-electron chi connectivity index (χ0n) is 20.8. The van der Waals surface area contributed by atoms with Gasteiger partial charge in [0.25, 0.3) is 0 Å². The number of fused-ring (bicyclic) bond motifs is 1. The van der Waals surface area contributed by atoms with Gasteiger partial charge in [-0.05, 0) is 89.6 Å². The van der Waals surface area contributed by atoms with E-state index in [-0.39, 0.29) is 6.04 Å². The number of rotatable bonds is 5. The quantitative estimate of drug-likeness (QED) is 0.308. The van der Waals surface area contributed by atoms with Crippen LogP contribution >= 0.6 is 27.7 Å². The highest BCUT2D eigenvalue weighted by Crippen LogP contribution is 2.51. The van der Waals surface area contributed by atoms with Crippen LogP contribution in [0.4, 0.5) is 0 Å². The summed E-state index contributed by atoms with van der Waals surface area (Å²) in [7, 11) is 3.44. The van der Waals surface area contributed by atoms with Crippen molar-refractivity contribution in [3.63, 3.8) is 0 Å². The minimum absolute atomic E-state index is 0.0523. The summed E-state index contributed by atoms with van der Waals surface area (Å²) >= 11 is 5.28. The lowest BCUT2D eigenvalue weighted by molar-refractivity contribution is 0.410. The van der Waals surface area contributed by atoms with E-state index < -0.39 is 0 Å². The molecule has 3 aromatic rings. The average Bonchev–Trinajstić information content (AvgIpc) is 3.36. The molecule has 6 heteroatoms. The Hall–Kier alpha value is -3.22. The molecule has 0 spiro atoms. The Bertz CT molecular complexity index is 1470. The topological polar surface area (TPSA) is 34.1 Å². The average molecular weight is 572 g/mol. The van der Waals surface area contributed by atoms with Gasteiger partial charge in [-0.1, -0.05) is 64.1 Å². The second-order valence-corrected chi connectivity index (χ2v) is 11.0. The zero-order valence-corrected chi connectivity index (χ0v) is 23.2. The molecule has 1 atom stereocenters. The molecule has 0 amide bonds. The summed E-state index contributed by atoms with van der Waals surface area (Å²) in [5, 5.41) is 3.25. The van der Waals surface area contributed by atoms with Gasteiger partial charge in [-0.3, -0.25) is 0 Å². The van der Waals surface area contributed by atoms with Crippen LogP contribution in [0.2, 0.25) is 0 Å². The number of benzene rings is 3. The molecule has 3 aliphatic rings. The normalized spacial score (nSPS) is 19.8. The smallest absolute Gasteiger partial charge is 0.174 e. The number of hydrogen-bond acceptors (Lipinski definition) is 5. The summed E-state index contributed by atoms with van der Waals surface area (Å²) in [5.41, 5.74) is 8.49. The van der Waals surface area contributed by atoms with Gasteiger partial charge in [-0.2, -0.15) is 0 Å². The Morgan fingerprint density at radius 1 is 0.946 bits per heavy atom. The van der Waals surface area contributed by atoms with Crippen molar-refractivity contribution in [2.75, 3.05) is 14.2 Å². The molecule has 0 saturated carbocycles. The largest absolute Gasteiger partial charge is 0.497 e. The lowest BCUT2D eigenvalue weighted by Gasteiger charge is -2.40. The third-order valence-electron chi connectivity index (χ3n) is 7.02. The van der Waals surface area contributed by atoms with Gasteiger partial charge in [-0.25, -0.2) is 4.99 Å². The standard InChI is InChI=1S/C31H27BrN2O2S/c1-35-25-9-3-6-20(17-25)16-22-7-5-11-27-29(22)33-31-34(30(27)23-8-4-10-26(18-23)36-2)28(19-37-31)21-12-14-24(32)15-13-21/h3-4,6,8-10,12-19,30H,5,7,11H2,1-2H3/b22-16+/t30-/m0/s1. The van der Waals surface area contributed by atoms with E-state index in [1.165, 1.54) is 28.0 Å². The highest BCUT2D eigenvalue weighted by Gasteiger charge is 2.40. The second-order valence-electron chi connectivity index (χ2n) is 9.24. The summed E-state index contributed by atoms with van der Waals surface area (Å²) in [4.78, 5) is 7.70. The fourth-order valence-electron chi connectivity index (χ4n) is 5.29. The first-order valence-corrected chi connectivity index (χ1v) is 14.0. The maximum absolute atomic E-state index is 5.63. The van der Waals surface area contributed by atoms with Crippen LogP contribution in [-0.2, 0) is 0 Å². The maximum atomic E-state index is 5.63. The number of nitrogens with zero attached hydrogens (tertiary/aromatic N) is 2. The van der Waals surface area contributed by atoms with Crippen LogP contribution in [0.15, 0.2) is 105 Å². The fraction of sp³-hybridized carbons (Fsp3) is 0.194. The third kappa shape index (κ3) is 4.64. The molecule has 3 aromatic carbocycles. The molecule has 0 fully saturated rings. The van der Waals surface area contributed by atoms with E-state index in [0.29, 0.717) is 0 Å². The summed E-state index contributed by atoms with van der Waals surface area (Å²) in [5.74, 6) is 1.73. The molecule has 1 aliphatic carbocycles. The van der Waals surface area contributed by atoms with Crippen LogP contribution in [0, 0.1) is 0 Å². The molecule has 0 bridgehead atoms. The zero-order chi connectivity index (χ0) is 25.4. The second kappa shape index (κ2) is 10.3. The van der Waals surface area contributed by atoms with Crippen molar-refractivity contribution in [2.24, 2.45) is 4.99 Å². The van der Waals surface area contributed by atoms with E-state index in [0.717, 1.165) is 51.7 Å². The van der Waals surface area contributed by atoms with Gasteiger partial charge in [0.1, 0.15) is 11.5 Å². The molecular weight excluding hydrogens is 544 g/mol. The van der Waals surface area contributed by atoms with Crippen LogP contribution < -0.4 is 9.47 Å². The van der Waals surface area contributed by atoms with E-state index in [4.69, 9.17) is 14.5 Å². The van der Waals surface area contributed by atoms with Gasteiger partial charge in [-0.15, -0.1) is 0 Å². The van der Waals surface area contributed by atoms with Crippen molar-refractivity contribution >= 4 is 44.6 Å². The highest BCUT2D eigenvalue weighted by molar-refractivity contribution is 9.10. The van der Waals surface area contributed by atoms with E-state index in [1.807, 2.05) is 18.2 Å². The van der Waals surface area contributed by atoms with Crippen molar-refractivity contribution in [1.82, 2.24) is 4.90 Å². The monoisotopic (exact) mass is 570 g/mol. The Morgan fingerprint density at radius 3 is 2.49 bits per heavy atom. The minimum Gasteiger partial charge on any atom is -0.497 e. The van der Waals surface area contributed by atoms with Crippen molar-refractivity contribution in [3.8, 4) is 11.5 Å². The molecule has 0 radical (unpaired) electrons. The number of hydrogen-bond donors (Lipinski definition) is 0. The van der Waals surface area contributed by atoms with E-state index in [1.54, 1.807) is 26.0 Å². The van der Waals surface area contributed by atoms with Gasteiger partial charge in [0.2, 0.25) is 0 Å². The predicted molar refractivity (Wildman–Crippen MR) is 157 cm³/mol. The molecule has 0 aromatic heterocycles. The fourth-order valence-corrected chi connectivity index (χ4v) is 6.48. The maximum Gasteiger partial charge on any atom is 0.174 e. The Morgan fingerprint density at radius 2 is 1.70 bits per heavy atom. The van der Waals surface area contributed by atoms with Crippen LogP contribution in [0.1, 0.15) is 42.0 Å². The lowest BCUT2D eigenvalue weighted by Crippen LogP contribution is -2.34. The Balaban J connectivity index is 1.49. The number of allylic oxidation sites excluding steroid dienone is 1. The molecular formula is C31H27BrN2O2S. The summed E-state index contributed by atoms with van der Waals surface area (Å²) < 4.78 is 12.2. The van der Waals surface area contributed by atoms with Crippen molar-refractivity contribution in [2.45, 2.75) is 25.3 Å². The number of amidine groups is 1. The third-order valence-corrected chi connectivity index (χ3v) is 8.39. The molecule has 6 rings (SSSR count). The number of halogens is 1. The Kier molecular flexibility index (Phi) is 6.70. The van der Waals surface area contributed by atoms with E-state index in [9.17, 15) is 0 Å². The molecule has 37 heavy (non-hydrogen) atoms. The lowest BCUT2D eigenvalue weighted by atomic mass is 9.82. The minimum atomic E-state index is 0.0523. The molecule has 0 unspecified atom stereocenters. The van der Waals surface area contributed by atoms with Gasteiger partial charge >= 0.3 is 0 Å². The predicted octanol–water partition coefficient (Wildman–Crippen LogP) is 8.45. The molecule has 0 N–H and O–H groups in total. The highest BCUT2D eigenvalue weighted by atomic mass is 79.9. The van der Waals surface area contributed by atoms with Gasteiger partial charge < -0.3 is 14.4 Å². The molecule has 2 aliphatic heterocycles. The van der Waals surface area contributed by atoms with Gasteiger partial charge in [0.05, 0.1) is 31.7 Å². The number of ether oxygens (including phenoxy) is 2. The van der Waals surface area contributed by atoms with Gasteiger partial charge in [0, 0.05) is 9.88 Å². The number of aliphatic imine (C=N–C) groups is 1. The van der Waals surface area contributed by atoms with Crippen LogP contribution in [-0.4, -0.2) is 24.3 Å². The van der Waals surface area contributed by atoms with E-state index >= 15 is 0 Å². The summed E-state index contributed by atoms with van der Waals surface area (Å²) in [6, 6.07) is 25.3. The van der Waals surface area contributed by atoms with E-state index in [2.05, 4.69) is 86.9 Å². The first-order valence-electron chi connectivity index (χ1n) is 12.4. The van der Waals surface area contributed by atoms with Crippen molar-refractivity contribution < 1.29 is 9.47 Å². The van der Waals surface area contributed by atoms with Gasteiger partial charge in [0.15, 0.2) is 5.17 Å². The molecule has 0 saturated heterocycles. The molecule has 186 valence electrons. The van der Waals surface area contributed by atoms with Crippen molar-refractivity contribution in [1.29, 1.82) is 0 Å². The number of thioether (sulfide) groups is 1. The number of methoxy groups -OCH3 is 2. The van der Waals surface area contributed by atoms with Crippen molar-refractivity contribution in [3.05, 3.63) is 116 Å². The van der Waals surface area contributed by atoms with Crippen LogP contribution in [0.25, 0.3) is 11.8 Å².